The van der Waals surface area contributed by atoms with Gasteiger partial charge in [0.2, 0.25) is 0 Å². The van der Waals surface area contributed by atoms with E-state index < -0.39 is 18.0 Å². The maximum atomic E-state index is 11.8. The predicted octanol–water partition coefficient (Wildman–Crippen LogP) is 3.38. The van der Waals surface area contributed by atoms with Crippen LogP contribution in [0.3, 0.4) is 0 Å². The summed E-state index contributed by atoms with van der Waals surface area (Å²) in [6.07, 6.45) is 0.389. The third-order valence-electron chi connectivity index (χ3n) is 2.74. The predicted molar refractivity (Wildman–Crippen MR) is 81.9 cm³/mol. The van der Waals surface area contributed by atoms with E-state index >= 15 is 0 Å². The summed E-state index contributed by atoms with van der Waals surface area (Å²) in [6.45, 7) is 5.76. The first-order valence-electron chi connectivity index (χ1n) is 6.36. The van der Waals surface area contributed by atoms with E-state index in [2.05, 4.69) is 26.6 Å². The number of hydrogen-bond donors (Lipinski definition) is 3. The molecule has 110 valence electrons. The van der Waals surface area contributed by atoms with Crippen molar-refractivity contribution in [2.75, 3.05) is 5.32 Å². The number of carboxylic acids is 1. The zero-order valence-corrected chi connectivity index (χ0v) is 13.3. The molecular formula is C14H19BrN2O3. The molecule has 0 unspecified atom stereocenters. The fourth-order valence-electron chi connectivity index (χ4n) is 1.69. The molecule has 20 heavy (non-hydrogen) atoms. The highest BCUT2D eigenvalue weighted by molar-refractivity contribution is 9.10. The molecule has 0 heterocycles. The molecule has 0 aromatic heterocycles. The van der Waals surface area contributed by atoms with Gasteiger partial charge in [0.1, 0.15) is 6.04 Å². The minimum atomic E-state index is -1.03. The number of benzene rings is 1. The Labute approximate surface area is 126 Å². The Bertz CT molecular complexity index is 503. The van der Waals surface area contributed by atoms with Crippen LogP contribution >= 0.6 is 15.9 Å². The van der Waals surface area contributed by atoms with Gasteiger partial charge in [-0.05, 0) is 37.0 Å². The Morgan fingerprint density at radius 1 is 1.35 bits per heavy atom. The van der Waals surface area contributed by atoms with Gasteiger partial charge in [0.15, 0.2) is 0 Å². The molecule has 0 aliphatic carbocycles. The molecular weight excluding hydrogens is 324 g/mol. The van der Waals surface area contributed by atoms with Gasteiger partial charge in [0.25, 0.3) is 0 Å². The van der Waals surface area contributed by atoms with Gasteiger partial charge in [0.05, 0.1) is 0 Å². The van der Waals surface area contributed by atoms with Crippen LogP contribution in [0, 0.1) is 12.8 Å². The summed E-state index contributed by atoms with van der Waals surface area (Å²) in [5.41, 5.74) is 1.66. The molecule has 0 saturated heterocycles. The van der Waals surface area contributed by atoms with E-state index in [-0.39, 0.29) is 5.92 Å². The highest BCUT2D eigenvalue weighted by Crippen LogP contribution is 2.20. The number of carboxylic acid groups (broad SMARTS) is 1. The summed E-state index contributed by atoms with van der Waals surface area (Å²) in [6, 6.07) is 3.99. The number of hydrogen-bond acceptors (Lipinski definition) is 2. The van der Waals surface area contributed by atoms with E-state index in [1.54, 1.807) is 12.1 Å². The molecule has 0 spiro atoms. The van der Waals surface area contributed by atoms with Gasteiger partial charge in [-0.3, -0.25) is 0 Å². The third-order valence-corrected chi connectivity index (χ3v) is 3.59. The van der Waals surface area contributed by atoms with Gasteiger partial charge in [-0.25, -0.2) is 9.59 Å². The first-order valence-corrected chi connectivity index (χ1v) is 7.15. The fourth-order valence-corrected chi connectivity index (χ4v) is 2.07. The zero-order chi connectivity index (χ0) is 15.3. The van der Waals surface area contributed by atoms with Crippen molar-refractivity contribution in [3.8, 4) is 0 Å². The number of carbonyl (C=O) groups is 2. The van der Waals surface area contributed by atoms with Crippen molar-refractivity contribution in [1.82, 2.24) is 5.32 Å². The van der Waals surface area contributed by atoms with Gasteiger partial charge < -0.3 is 15.7 Å². The normalized spacial score (nSPS) is 12.1. The van der Waals surface area contributed by atoms with Gasteiger partial charge >= 0.3 is 12.0 Å². The summed E-state index contributed by atoms with van der Waals surface area (Å²) < 4.78 is 0.882. The van der Waals surface area contributed by atoms with E-state index in [1.165, 1.54) is 0 Å². The summed E-state index contributed by atoms with van der Waals surface area (Å²) in [4.78, 5) is 22.9. The monoisotopic (exact) mass is 342 g/mol. The lowest BCUT2D eigenvalue weighted by atomic mass is 10.0. The average Bonchev–Trinajstić information content (AvgIpc) is 2.32. The standard InChI is InChI=1S/C14H19BrN2O3/c1-8(2)6-12(13(18)19)17-14(20)16-10-5-4-9(3)11(15)7-10/h4-5,7-8,12H,6H2,1-3H3,(H,18,19)(H2,16,17,20)/t12-/m0/s1. The molecule has 2 amide bonds. The topological polar surface area (TPSA) is 78.4 Å². The lowest BCUT2D eigenvalue weighted by molar-refractivity contribution is -0.139. The second kappa shape index (κ2) is 7.28. The number of amides is 2. The van der Waals surface area contributed by atoms with Crippen molar-refractivity contribution >= 4 is 33.6 Å². The SMILES string of the molecule is Cc1ccc(NC(=O)N[C@@H](CC(C)C)C(=O)O)cc1Br. The third kappa shape index (κ3) is 5.21. The van der Waals surface area contributed by atoms with Gasteiger partial charge in [-0.2, -0.15) is 0 Å². The van der Waals surface area contributed by atoms with Crippen LogP contribution in [0.15, 0.2) is 22.7 Å². The summed E-state index contributed by atoms with van der Waals surface area (Å²) >= 11 is 3.38. The Balaban J connectivity index is 2.65. The van der Waals surface area contributed by atoms with Crippen LogP contribution < -0.4 is 10.6 Å². The number of urea groups is 1. The zero-order valence-electron chi connectivity index (χ0n) is 11.7. The molecule has 0 fully saturated rings. The van der Waals surface area contributed by atoms with Crippen molar-refractivity contribution in [2.45, 2.75) is 33.2 Å². The number of anilines is 1. The Hall–Kier alpha value is -1.56. The summed E-state index contributed by atoms with van der Waals surface area (Å²) in [5.74, 6) is -0.844. The molecule has 1 aromatic carbocycles. The first kappa shape index (κ1) is 16.5. The smallest absolute Gasteiger partial charge is 0.326 e. The molecule has 0 aliphatic heterocycles. The molecule has 3 N–H and O–H groups in total. The lowest BCUT2D eigenvalue weighted by Gasteiger charge is -2.17. The second-order valence-corrected chi connectivity index (χ2v) is 5.94. The maximum absolute atomic E-state index is 11.8. The van der Waals surface area contributed by atoms with Crippen LogP contribution in [-0.4, -0.2) is 23.1 Å². The van der Waals surface area contributed by atoms with E-state index in [0.29, 0.717) is 12.1 Å². The number of rotatable bonds is 5. The van der Waals surface area contributed by atoms with Crippen LogP contribution in [-0.2, 0) is 4.79 Å². The molecule has 5 nitrogen and oxygen atoms in total. The van der Waals surface area contributed by atoms with E-state index in [9.17, 15) is 9.59 Å². The summed E-state index contributed by atoms with van der Waals surface area (Å²) in [7, 11) is 0. The molecule has 0 bridgehead atoms. The summed E-state index contributed by atoms with van der Waals surface area (Å²) in [5, 5.41) is 14.2. The van der Waals surface area contributed by atoms with E-state index in [1.807, 2.05) is 26.8 Å². The van der Waals surface area contributed by atoms with Crippen LogP contribution in [0.25, 0.3) is 0 Å². The highest BCUT2D eigenvalue weighted by atomic mass is 79.9. The second-order valence-electron chi connectivity index (χ2n) is 5.08. The molecule has 1 rings (SSSR count). The number of halogens is 1. The first-order chi connectivity index (χ1) is 9.29. The van der Waals surface area contributed by atoms with Crippen molar-refractivity contribution in [3.05, 3.63) is 28.2 Å². The highest BCUT2D eigenvalue weighted by Gasteiger charge is 2.21. The van der Waals surface area contributed by atoms with Crippen molar-refractivity contribution < 1.29 is 14.7 Å². The van der Waals surface area contributed by atoms with Gasteiger partial charge in [-0.15, -0.1) is 0 Å². The molecule has 6 heteroatoms. The van der Waals surface area contributed by atoms with Crippen LogP contribution in [0.4, 0.5) is 10.5 Å². The molecule has 1 atom stereocenters. The van der Waals surface area contributed by atoms with E-state index in [0.717, 1.165) is 10.0 Å². The van der Waals surface area contributed by atoms with Crippen LogP contribution in [0.1, 0.15) is 25.8 Å². The van der Waals surface area contributed by atoms with Crippen molar-refractivity contribution in [2.24, 2.45) is 5.92 Å². The molecule has 0 radical (unpaired) electrons. The van der Waals surface area contributed by atoms with Crippen molar-refractivity contribution in [3.63, 3.8) is 0 Å². The molecule has 0 aliphatic rings. The number of aryl methyl sites for hydroxylation is 1. The minimum Gasteiger partial charge on any atom is -0.480 e. The van der Waals surface area contributed by atoms with Crippen LogP contribution in [0.5, 0.6) is 0 Å². The van der Waals surface area contributed by atoms with E-state index in [4.69, 9.17) is 5.11 Å². The lowest BCUT2D eigenvalue weighted by Crippen LogP contribution is -2.43. The maximum Gasteiger partial charge on any atom is 0.326 e. The Morgan fingerprint density at radius 2 is 2.00 bits per heavy atom. The fraction of sp³-hybridized carbons (Fsp3) is 0.429. The molecule has 1 aromatic rings. The minimum absolute atomic E-state index is 0.185. The molecule has 0 saturated carbocycles. The van der Waals surface area contributed by atoms with Crippen LogP contribution in [0.2, 0.25) is 0 Å². The number of carbonyl (C=O) groups excluding carboxylic acids is 1. The largest absolute Gasteiger partial charge is 0.480 e. The average molecular weight is 343 g/mol. The quantitative estimate of drug-likeness (QED) is 0.767. The number of nitrogens with one attached hydrogen (secondary N) is 2. The Morgan fingerprint density at radius 3 is 2.50 bits per heavy atom. The van der Waals surface area contributed by atoms with Gasteiger partial charge in [-0.1, -0.05) is 35.8 Å². The number of aliphatic carboxylic acids is 1. The van der Waals surface area contributed by atoms with Crippen molar-refractivity contribution in [1.29, 1.82) is 0 Å². The Kier molecular flexibility index (Phi) is 6.01. The van der Waals surface area contributed by atoms with Gasteiger partial charge in [0, 0.05) is 10.2 Å².